The first-order chi connectivity index (χ1) is 9.25. The number of rotatable bonds is 3. The average molecular weight is 254 g/mol. The number of aromatic nitrogens is 4. The molecule has 0 unspecified atom stereocenters. The fraction of sp³-hybridized carbons (Fsp3) is 0.154. The van der Waals surface area contributed by atoms with Crippen LogP contribution in [0.2, 0.25) is 0 Å². The molecule has 19 heavy (non-hydrogen) atoms. The Bertz CT molecular complexity index is 718. The first-order valence-electron chi connectivity index (χ1n) is 5.95. The van der Waals surface area contributed by atoms with Crippen molar-refractivity contribution < 1.29 is 0 Å². The molecular formula is C13H14N6. The molecule has 2 aromatic heterocycles. The zero-order valence-corrected chi connectivity index (χ0v) is 10.5. The molecule has 0 fully saturated rings. The van der Waals surface area contributed by atoms with Crippen molar-refractivity contribution in [2.24, 2.45) is 7.05 Å². The minimum Gasteiger partial charge on any atom is -0.398 e. The molecule has 1 aromatic carbocycles. The molecule has 0 amide bonds. The van der Waals surface area contributed by atoms with Crippen LogP contribution >= 0.6 is 0 Å². The van der Waals surface area contributed by atoms with Crippen LogP contribution in [-0.4, -0.2) is 19.7 Å². The summed E-state index contributed by atoms with van der Waals surface area (Å²) >= 11 is 0. The highest BCUT2D eigenvalue weighted by molar-refractivity contribution is 5.85. The second kappa shape index (κ2) is 4.56. The summed E-state index contributed by atoms with van der Waals surface area (Å²) in [5.41, 5.74) is 8.53. The number of anilines is 2. The van der Waals surface area contributed by atoms with Crippen LogP contribution < -0.4 is 11.1 Å². The summed E-state index contributed by atoms with van der Waals surface area (Å²) in [5, 5.41) is 8.35. The second-order valence-corrected chi connectivity index (χ2v) is 4.28. The Kier molecular flexibility index (Phi) is 2.75. The van der Waals surface area contributed by atoms with Crippen LogP contribution in [0.5, 0.6) is 0 Å². The SMILES string of the molecule is Cn1ncc2c(NCc3ccccc3N)ncnc21. The number of hydrogen-bond donors (Lipinski definition) is 2. The molecule has 0 saturated heterocycles. The van der Waals surface area contributed by atoms with E-state index in [1.807, 2.05) is 31.3 Å². The number of nitrogen functional groups attached to an aromatic ring is 1. The van der Waals surface area contributed by atoms with Gasteiger partial charge in [-0.3, -0.25) is 4.68 Å². The Hall–Kier alpha value is -2.63. The number of nitrogens with two attached hydrogens (primary N) is 1. The summed E-state index contributed by atoms with van der Waals surface area (Å²) in [7, 11) is 1.86. The maximum atomic E-state index is 5.91. The van der Waals surface area contributed by atoms with Crippen LogP contribution in [0.3, 0.4) is 0 Å². The Morgan fingerprint density at radius 3 is 2.95 bits per heavy atom. The standard InChI is InChI=1S/C13H14N6/c1-19-13-10(7-18-19)12(16-8-17-13)15-6-9-4-2-3-5-11(9)14/h2-5,7-8H,6,14H2,1H3,(H,15,16,17). The molecule has 0 spiro atoms. The lowest BCUT2D eigenvalue weighted by Crippen LogP contribution is -2.04. The molecule has 0 aliphatic rings. The number of nitrogens with zero attached hydrogens (tertiary/aromatic N) is 4. The van der Waals surface area contributed by atoms with Gasteiger partial charge in [-0.2, -0.15) is 5.10 Å². The van der Waals surface area contributed by atoms with Crippen molar-refractivity contribution >= 4 is 22.5 Å². The second-order valence-electron chi connectivity index (χ2n) is 4.28. The summed E-state index contributed by atoms with van der Waals surface area (Å²) in [6.45, 7) is 0.619. The van der Waals surface area contributed by atoms with E-state index in [1.165, 1.54) is 6.33 Å². The zero-order valence-electron chi connectivity index (χ0n) is 10.5. The summed E-state index contributed by atoms with van der Waals surface area (Å²) in [5.74, 6) is 0.765. The minimum absolute atomic E-state index is 0.619. The first kappa shape index (κ1) is 11.5. The van der Waals surface area contributed by atoms with Crippen molar-refractivity contribution in [1.82, 2.24) is 19.7 Å². The molecule has 0 aliphatic heterocycles. The van der Waals surface area contributed by atoms with E-state index in [0.717, 1.165) is 28.1 Å². The molecule has 0 bridgehead atoms. The van der Waals surface area contributed by atoms with Crippen molar-refractivity contribution in [1.29, 1.82) is 0 Å². The molecule has 3 aromatic rings. The summed E-state index contributed by atoms with van der Waals surface area (Å²) in [6.07, 6.45) is 3.28. The molecule has 96 valence electrons. The van der Waals surface area contributed by atoms with Crippen molar-refractivity contribution in [3.05, 3.63) is 42.4 Å². The van der Waals surface area contributed by atoms with Gasteiger partial charge in [0.15, 0.2) is 5.65 Å². The third kappa shape index (κ3) is 2.08. The number of fused-ring (bicyclic) bond motifs is 1. The highest BCUT2D eigenvalue weighted by Crippen LogP contribution is 2.19. The van der Waals surface area contributed by atoms with Crippen LogP contribution in [0, 0.1) is 0 Å². The van der Waals surface area contributed by atoms with E-state index in [1.54, 1.807) is 10.9 Å². The van der Waals surface area contributed by atoms with Crippen LogP contribution in [0.15, 0.2) is 36.8 Å². The van der Waals surface area contributed by atoms with E-state index in [2.05, 4.69) is 20.4 Å². The number of para-hydroxylation sites is 1. The molecule has 6 heteroatoms. The van der Waals surface area contributed by atoms with Gasteiger partial charge < -0.3 is 11.1 Å². The highest BCUT2D eigenvalue weighted by Gasteiger charge is 2.07. The van der Waals surface area contributed by atoms with Gasteiger partial charge in [-0.25, -0.2) is 9.97 Å². The van der Waals surface area contributed by atoms with Gasteiger partial charge in [0.05, 0.1) is 11.6 Å². The lowest BCUT2D eigenvalue weighted by molar-refractivity contribution is 0.785. The van der Waals surface area contributed by atoms with Crippen LogP contribution in [0.1, 0.15) is 5.56 Å². The zero-order chi connectivity index (χ0) is 13.2. The quantitative estimate of drug-likeness (QED) is 0.693. The number of aryl methyl sites for hydroxylation is 1. The lowest BCUT2D eigenvalue weighted by atomic mass is 10.2. The number of hydrogen-bond acceptors (Lipinski definition) is 5. The number of benzene rings is 1. The van der Waals surface area contributed by atoms with Crippen molar-refractivity contribution in [3.63, 3.8) is 0 Å². The topological polar surface area (TPSA) is 81.7 Å². The molecule has 6 nitrogen and oxygen atoms in total. The monoisotopic (exact) mass is 254 g/mol. The molecular weight excluding hydrogens is 240 g/mol. The maximum absolute atomic E-state index is 5.91. The fourth-order valence-corrected chi connectivity index (χ4v) is 1.98. The minimum atomic E-state index is 0.619. The Labute approximate surface area is 110 Å². The largest absolute Gasteiger partial charge is 0.398 e. The Balaban J connectivity index is 1.88. The third-order valence-electron chi connectivity index (χ3n) is 3.03. The van der Waals surface area contributed by atoms with Crippen LogP contribution in [-0.2, 0) is 13.6 Å². The average Bonchev–Trinajstić information content (AvgIpc) is 2.81. The van der Waals surface area contributed by atoms with E-state index >= 15 is 0 Å². The van der Waals surface area contributed by atoms with Gasteiger partial charge in [-0.15, -0.1) is 0 Å². The predicted octanol–water partition coefficient (Wildman–Crippen LogP) is 1.56. The number of nitrogens with one attached hydrogen (secondary N) is 1. The predicted molar refractivity (Wildman–Crippen MR) is 74.5 cm³/mol. The molecule has 0 saturated carbocycles. The molecule has 0 atom stereocenters. The van der Waals surface area contributed by atoms with E-state index in [-0.39, 0.29) is 0 Å². The van der Waals surface area contributed by atoms with Crippen molar-refractivity contribution in [2.45, 2.75) is 6.54 Å². The van der Waals surface area contributed by atoms with Crippen molar-refractivity contribution in [3.8, 4) is 0 Å². The molecule has 3 N–H and O–H groups in total. The van der Waals surface area contributed by atoms with E-state index < -0.39 is 0 Å². The summed E-state index contributed by atoms with van der Waals surface area (Å²) in [6, 6.07) is 7.76. The molecule has 0 radical (unpaired) electrons. The van der Waals surface area contributed by atoms with E-state index in [4.69, 9.17) is 5.73 Å². The highest BCUT2D eigenvalue weighted by atomic mass is 15.3. The third-order valence-corrected chi connectivity index (χ3v) is 3.03. The van der Waals surface area contributed by atoms with Gasteiger partial charge >= 0.3 is 0 Å². The van der Waals surface area contributed by atoms with Crippen molar-refractivity contribution in [2.75, 3.05) is 11.1 Å². The molecule has 3 rings (SSSR count). The maximum Gasteiger partial charge on any atom is 0.163 e. The van der Waals surface area contributed by atoms with Gasteiger partial charge in [-0.1, -0.05) is 18.2 Å². The lowest BCUT2D eigenvalue weighted by Gasteiger charge is -2.08. The van der Waals surface area contributed by atoms with Gasteiger partial charge in [0.1, 0.15) is 12.1 Å². The van der Waals surface area contributed by atoms with Gasteiger partial charge in [0.25, 0.3) is 0 Å². The van der Waals surface area contributed by atoms with Gasteiger partial charge in [0.2, 0.25) is 0 Å². The van der Waals surface area contributed by atoms with Crippen LogP contribution in [0.4, 0.5) is 11.5 Å². The Morgan fingerprint density at radius 1 is 1.26 bits per heavy atom. The Morgan fingerprint density at radius 2 is 2.11 bits per heavy atom. The normalized spacial score (nSPS) is 10.8. The summed E-state index contributed by atoms with van der Waals surface area (Å²) in [4.78, 5) is 8.45. The summed E-state index contributed by atoms with van der Waals surface area (Å²) < 4.78 is 1.72. The van der Waals surface area contributed by atoms with Gasteiger partial charge in [0, 0.05) is 19.3 Å². The van der Waals surface area contributed by atoms with Gasteiger partial charge in [-0.05, 0) is 11.6 Å². The smallest absolute Gasteiger partial charge is 0.163 e. The fourth-order valence-electron chi connectivity index (χ4n) is 1.98. The van der Waals surface area contributed by atoms with E-state index in [0.29, 0.717) is 6.54 Å². The molecule has 0 aliphatic carbocycles. The van der Waals surface area contributed by atoms with E-state index in [9.17, 15) is 0 Å². The first-order valence-corrected chi connectivity index (χ1v) is 5.95. The molecule has 2 heterocycles. The van der Waals surface area contributed by atoms with Crippen LogP contribution in [0.25, 0.3) is 11.0 Å².